The lowest BCUT2D eigenvalue weighted by Gasteiger charge is -2.24. The highest BCUT2D eigenvalue weighted by Crippen LogP contribution is 2.30. The minimum atomic E-state index is 0.124. The second-order valence-corrected chi connectivity index (χ2v) is 8.52. The van der Waals surface area contributed by atoms with Crippen LogP contribution >= 0.6 is 22.7 Å². The highest BCUT2D eigenvalue weighted by molar-refractivity contribution is 7.22. The number of thiophene rings is 1. The van der Waals surface area contributed by atoms with E-state index in [4.69, 9.17) is 4.98 Å². The fourth-order valence-electron chi connectivity index (χ4n) is 3.06. The average Bonchev–Trinajstić information content (AvgIpc) is 3.33. The van der Waals surface area contributed by atoms with Crippen molar-refractivity contribution in [1.82, 2.24) is 9.88 Å². The van der Waals surface area contributed by atoms with Crippen molar-refractivity contribution >= 4 is 43.9 Å². The predicted molar refractivity (Wildman–Crippen MR) is 117 cm³/mol. The van der Waals surface area contributed by atoms with E-state index in [1.54, 1.807) is 22.7 Å². The number of fused-ring (bicyclic) bond motifs is 1. The molecule has 2 aromatic heterocycles. The molecule has 144 valence electrons. The first-order valence-electron chi connectivity index (χ1n) is 9.59. The van der Waals surface area contributed by atoms with Crippen LogP contribution in [0.1, 0.15) is 31.2 Å². The van der Waals surface area contributed by atoms with Gasteiger partial charge in [-0.05, 0) is 48.7 Å². The summed E-state index contributed by atoms with van der Waals surface area (Å²) in [4.78, 5) is 23.2. The zero-order valence-corrected chi connectivity index (χ0v) is 17.9. The van der Waals surface area contributed by atoms with E-state index in [0.29, 0.717) is 13.0 Å². The highest BCUT2D eigenvalue weighted by atomic mass is 32.1. The van der Waals surface area contributed by atoms with Crippen LogP contribution in [0.5, 0.6) is 0 Å². The van der Waals surface area contributed by atoms with Gasteiger partial charge >= 0.3 is 0 Å². The minimum absolute atomic E-state index is 0.124. The van der Waals surface area contributed by atoms with E-state index in [0.717, 1.165) is 46.3 Å². The third-order valence-electron chi connectivity index (χ3n) is 4.82. The second-order valence-electron chi connectivity index (χ2n) is 6.48. The second kappa shape index (κ2) is 9.44. The Morgan fingerprint density at radius 1 is 1.11 bits per heavy atom. The average molecular weight is 402 g/mol. The Balaban J connectivity index is 1.86. The van der Waals surface area contributed by atoms with E-state index in [1.807, 2.05) is 22.4 Å². The number of hydrogen-bond donors (Lipinski definition) is 0. The molecule has 4 nitrogen and oxygen atoms in total. The molecular formula is C21H27N3OS2. The molecule has 1 aromatic carbocycles. The van der Waals surface area contributed by atoms with Crippen molar-refractivity contribution in [3.63, 3.8) is 0 Å². The molecule has 0 saturated heterocycles. The van der Waals surface area contributed by atoms with Gasteiger partial charge in [0.2, 0.25) is 5.91 Å². The van der Waals surface area contributed by atoms with Gasteiger partial charge in [0.1, 0.15) is 0 Å². The number of carbonyl (C=O) groups excluding carboxylic acids is 1. The molecule has 0 spiro atoms. The maximum absolute atomic E-state index is 13.1. The van der Waals surface area contributed by atoms with Gasteiger partial charge in [0, 0.05) is 18.0 Å². The molecular weight excluding hydrogens is 374 g/mol. The number of aromatic nitrogens is 1. The lowest BCUT2D eigenvalue weighted by Crippen LogP contribution is -2.39. The summed E-state index contributed by atoms with van der Waals surface area (Å²) in [6.45, 7) is 9.98. The SMILES string of the molecule is CCc1ccc2nc(N(CCN(CC)CC)C(=O)Cc3cccs3)sc2c1. The van der Waals surface area contributed by atoms with E-state index in [9.17, 15) is 4.79 Å². The van der Waals surface area contributed by atoms with Gasteiger partial charge in [-0.3, -0.25) is 9.69 Å². The van der Waals surface area contributed by atoms with Crippen molar-refractivity contribution in [2.45, 2.75) is 33.6 Å². The summed E-state index contributed by atoms with van der Waals surface area (Å²) >= 11 is 3.25. The van der Waals surface area contributed by atoms with Gasteiger partial charge in [0.25, 0.3) is 0 Å². The molecule has 1 amide bonds. The van der Waals surface area contributed by atoms with Crippen molar-refractivity contribution in [3.8, 4) is 0 Å². The molecule has 0 N–H and O–H groups in total. The number of thiazole rings is 1. The normalized spacial score (nSPS) is 11.4. The minimum Gasteiger partial charge on any atom is -0.302 e. The van der Waals surface area contributed by atoms with Crippen LogP contribution in [-0.2, 0) is 17.6 Å². The van der Waals surface area contributed by atoms with E-state index in [2.05, 4.69) is 43.9 Å². The van der Waals surface area contributed by atoms with E-state index in [-0.39, 0.29) is 5.91 Å². The molecule has 0 aliphatic heterocycles. The first-order chi connectivity index (χ1) is 13.1. The third kappa shape index (κ3) is 4.94. The Labute approximate surface area is 169 Å². The van der Waals surface area contributed by atoms with Crippen molar-refractivity contribution in [2.75, 3.05) is 31.1 Å². The van der Waals surface area contributed by atoms with Gasteiger partial charge in [0.05, 0.1) is 16.6 Å². The number of amides is 1. The number of likely N-dealkylation sites (N-methyl/N-ethyl adjacent to an activating group) is 1. The molecule has 2 heterocycles. The quantitative estimate of drug-likeness (QED) is 0.515. The Kier molecular flexibility index (Phi) is 6.99. The van der Waals surface area contributed by atoms with Crippen LogP contribution in [0.3, 0.4) is 0 Å². The lowest BCUT2D eigenvalue weighted by molar-refractivity contribution is -0.118. The van der Waals surface area contributed by atoms with Crippen LogP contribution in [0.15, 0.2) is 35.7 Å². The molecule has 0 atom stereocenters. The molecule has 3 rings (SSSR count). The van der Waals surface area contributed by atoms with Gasteiger partial charge < -0.3 is 4.90 Å². The maximum Gasteiger partial charge on any atom is 0.234 e. The largest absolute Gasteiger partial charge is 0.302 e. The van der Waals surface area contributed by atoms with Crippen molar-refractivity contribution in [2.24, 2.45) is 0 Å². The number of benzene rings is 1. The topological polar surface area (TPSA) is 36.4 Å². The Hall–Kier alpha value is -1.76. The number of hydrogen-bond acceptors (Lipinski definition) is 5. The fourth-order valence-corrected chi connectivity index (χ4v) is 4.83. The summed E-state index contributed by atoms with van der Waals surface area (Å²) in [6.07, 6.45) is 1.44. The lowest BCUT2D eigenvalue weighted by atomic mass is 10.2. The zero-order valence-electron chi connectivity index (χ0n) is 16.3. The fraction of sp³-hybridized carbons (Fsp3) is 0.429. The van der Waals surface area contributed by atoms with Crippen LogP contribution < -0.4 is 4.90 Å². The molecule has 0 fully saturated rings. The zero-order chi connectivity index (χ0) is 19.2. The number of carbonyl (C=O) groups is 1. The summed E-state index contributed by atoms with van der Waals surface area (Å²) in [5, 5.41) is 2.83. The Morgan fingerprint density at radius 2 is 1.93 bits per heavy atom. The number of anilines is 1. The maximum atomic E-state index is 13.1. The molecule has 0 radical (unpaired) electrons. The van der Waals surface area contributed by atoms with Crippen molar-refractivity contribution in [3.05, 3.63) is 46.2 Å². The first kappa shape index (κ1) is 20.0. The number of rotatable bonds is 9. The van der Waals surface area contributed by atoms with Gasteiger partial charge in [-0.1, -0.05) is 44.2 Å². The van der Waals surface area contributed by atoms with Crippen LogP contribution in [-0.4, -0.2) is 42.0 Å². The van der Waals surface area contributed by atoms with Crippen LogP contribution in [0.25, 0.3) is 10.2 Å². The van der Waals surface area contributed by atoms with Gasteiger partial charge in [-0.15, -0.1) is 11.3 Å². The highest BCUT2D eigenvalue weighted by Gasteiger charge is 2.21. The Bertz CT molecular complexity index is 869. The first-order valence-corrected chi connectivity index (χ1v) is 11.3. The molecule has 0 aliphatic rings. The summed E-state index contributed by atoms with van der Waals surface area (Å²) in [7, 11) is 0. The van der Waals surface area contributed by atoms with Crippen LogP contribution in [0.2, 0.25) is 0 Å². The standard InChI is InChI=1S/C21H27N3OS2/c1-4-16-9-10-18-19(14-16)27-21(22-18)24(12-11-23(5-2)6-3)20(25)15-17-8-7-13-26-17/h7-10,13-14H,4-6,11-12,15H2,1-3H3. The molecule has 0 bridgehead atoms. The van der Waals surface area contributed by atoms with Crippen LogP contribution in [0.4, 0.5) is 5.13 Å². The summed E-state index contributed by atoms with van der Waals surface area (Å²) in [6, 6.07) is 10.4. The molecule has 0 saturated carbocycles. The smallest absolute Gasteiger partial charge is 0.234 e. The van der Waals surface area contributed by atoms with Crippen molar-refractivity contribution < 1.29 is 4.79 Å². The van der Waals surface area contributed by atoms with E-state index in [1.165, 1.54) is 5.56 Å². The van der Waals surface area contributed by atoms with Crippen molar-refractivity contribution in [1.29, 1.82) is 0 Å². The van der Waals surface area contributed by atoms with E-state index >= 15 is 0 Å². The van der Waals surface area contributed by atoms with Crippen LogP contribution in [0, 0.1) is 0 Å². The predicted octanol–water partition coefficient (Wildman–Crippen LogP) is 4.84. The summed E-state index contributed by atoms with van der Waals surface area (Å²) in [5.74, 6) is 0.124. The van der Waals surface area contributed by atoms with E-state index < -0.39 is 0 Å². The molecule has 6 heteroatoms. The monoisotopic (exact) mass is 401 g/mol. The summed E-state index contributed by atoms with van der Waals surface area (Å²) < 4.78 is 1.15. The molecule has 0 aliphatic carbocycles. The number of nitrogens with zero attached hydrogens (tertiary/aromatic N) is 3. The van der Waals surface area contributed by atoms with Gasteiger partial charge in [-0.2, -0.15) is 0 Å². The number of aryl methyl sites for hydroxylation is 1. The Morgan fingerprint density at radius 3 is 2.59 bits per heavy atom. The molecule has 27 heavy (non-hydrogen) atoms. The molecule has 3 aromatic rings. The summed E-state index contributed by atoms with van der Waals surface area (Å²) in [5.41, 5.74) is 2.28. The molecule has 0 unspecified atom stereocenters. The van der Waals surface area contributed by atoms with Gasteiger partial charge in [-0.25, -0.2) is 4.98 Å². The third-order valence-corrected chi connectivity index (χ3v) is 6.74. The van der Waals surface area contributed by atoms with Gasteiger partial charge in [0.15, 0.2) is 5.13 Å².